The molecule has 1 aliphatic rings. The van der Waals surface area contributed by atoms with E-state index in [1.807, 2.05) is 0 Å². The number of carbonyl (C=O) groups excluding carboxylic acids is 1. The molecule has 0 N–H and O–H groups in total. The molecule has 21 heavy (non-hydrogen) atoms. The molecule has 0 bridgehead atoms. The van der Waals surface area contributed by atoms with E-state index >= 15 is 0 Å². The van der Waals surface area contributed by atoms with E-state index < -0.39 is 11.2 Å². The molecular formula is C13H15N5O3. The fourth-order valence-corrected chi connectivity index (χ4v) is 2.62. The number of anilines is 1. The van der Waals surface area contributed by atoms with Gasteiger partial charge in [0, 0.05) is 33.6 Å². The standard InChI is InChI=1S/C13H15N5O3/c1-4-6-17-8(19)5-7-18-9-10(14-12(17)18)15(2)13(21)16(3)11(9)20/h4H,1,5-7H2,2-3H3. The Bertz CT molecular complexity index is 886. The van der Waals surface area contributed by atoms with Gasteiger partial charge in [-0.05, 0) is 0 Å². The quantitative estimate of drug-likeness (QED) is 0.688. The molecule has 1 amide bonds. The Hall–Kier alpha value is -2.64. The highest BCUT2D eigenvalue weighted by Crippen LogP contribution is 2.24. The van der Waals surface area contributed by atoms with Crippen LogP contribution in [0, 0.1) is 0 Å². The molecule has 0 atom stereocenters. The molecule has 0 radical (unpaired) electrons. The number of amides is 1. The molecule has 110 valence electrons. The summed E-state index contributed by atoms with van der Waals surface area (Å²) in [4.78, 5) is 42.1. The topological polar surface area (TPSA) is 82.1 Å². The van der Waals surface area contributed by atoms with Gasteiger partial charge >= 0.3 is 5.69 Å². The Labute approximate surface area is 119 Å². The van der Waals surface area contributed by atoms with Crippen molar-refractivity contribution >= 4 is 23.0 Å². The second-order valence-corrected chi connectivity index (χ2v) is 4.98. The lowest BCUT2D eigenvalue weighted by Crippen LogP contribution is -2.39. The first-order chi connectivity index (χ1) is 9.97. The van der Waals surface area contributed by atoms with Gasteiger partial charge < -0.3 is 4.57 Å². The molecule has 0 saturated heterocycles. The van der Waals surface area contributed by atoms with Crippen LogP contribution in [0.15, 0.2) is 22.2 Å². The summed E-state index contributed by atoms with van der Waals surface area (Å²) < 4.78 is 4.06. The smallest absolute Gasteiger partial charge is 0.303 e. The Morgan fingerprint density at radius 2 is 1.95 bits per heavy atom. The van der Waals surface area contributed by atoms with Gasteiger partial charge in [-0.25, -0.2) is 4.79 Å². The Balaban J connectivity index is 2.42. The van der Waals surface area contributed by atoms with Gasteiger partial charge in [-0.15, -0.1) is 6.58 Å². The monoisotopic (exact) mass is 289 g/mol. The minimum Gasteiger partial charge on any atom is -0.303 e. The zero-order valence-electron chi connectivity index (χ0n) is 11.9. The van der Waals surface area contributed by atoms with Crippen molar-refractivity contribution < 1.29 is 4.79 Å². The zero-order valence-corrected chi connectivity index (χ0v) is 11.9. The highest BCUT2D eigenvalue weighted by Gasteiger charge is 2.29. The van der Waals surface area contributed by atoms with Crippen molar-refractivity contribution in [3.05, 3.63) is 33.5 Å². The first-order valence-corrected chi connectivity index (χ1v) is 6.55. The van der Waals surface area contributed by atoms with Gasteiger partial charge in [-0.1, -0.05) is 6.08 Å². The van der Waals surface area contributed by atoms with Crippen molar-refractivity contribution in [2.45, 2.75) is 13.0 Å². The Morgan fingerprint density at radius 1 is 1.24 bits per heavy atom. The summed E-state index contributed by atoms with van der Waals surface area (Å²) in [6.45, 7) is 4.32. The molecule has 3 rings (SSSR count). The SMILES string of the molecule is C=CCN1C(=O)CCn2c1nc1c2c(=O)n(C)c(=O)n1C. The predicted molar refractivity (Wildman–Crippen MR) is 77.4 cm³/mol. The van der Waals surface area contributed by atoms with Crippen LogP contribution in [0.4, 0.5) is 5.95 Å². The molecule has 2 aromatic rings. The first-order valence-electron chi connectivity index (χ1n) is 6.55. The molecule has 8 nitrogen and oxygen atoms in total. The number of imidazole rings is 1. The molecule has 1 aliphatic heterocycles. The maximum atomic E-state index is 12.3. The lowest BCUT2D eigenvalue weighted by molar-refractivity contribution is -0.119. The number of hydrogen-bond donors (Lipinski definition) is 0. The summed E-state index contributed by atoms with van der Waals surface area (Å²) in [6, 6.07) is 0. The van der Waals surface area contributed by atoms with Crippen LogP contribution in [-0.2, 0) is 25.4 Å². The van der Waals surface area contributed by atoms with Crippen LogP contribution < -0.4 is 16.1 Å². The molecular weight excluding hydrogens is 274 g/mol. The number of fused-ring (bicyclic) bond motifs is 3. The number of aryl methyl sites for hydroxylation is 2. The molecule has 0 aromatic carbocycles. The average Bonchev–Trinajstić information content (AvgIpc) is 2.85. The summed E-state index contributed by atoms with van der Waals surface area (Å²) in [7, 11) is 2.99. The van der Waals surface area contributed by atoms with Crippen molar-refractivity contribution in [2.75, 3.05) is 11.4 Å². The summed E-state index contributed by atoms with van der Waals surface area (Å²) in [6.07, 6.45) is 1.89. The largest absolute Gasteiger partial charge is 0.332 e. The van der Waals surface area contributed by atoms with Crippen molar-refractivity contribution in [3.8, 4) is 0 Å². The number of rotatable bonds is 2. The maximum absolute atomic E-state index is 12.3. The van der Waals surface area contributed by atoms with E-state index in [0.717, 1.165) is 4.57 Å². The van der Waals surface area contributed by atoms with Crippen molar-refractivity contribution in [1.82, 2.24) is 18.7 Å². The van der Waals surface area contributed by atoms with E-state index in [-0.39, 0.29) is 12.3 Å². The third kappa shape index (κ3) is 1.68. The lowest BCUT2D eigenvalue weighted by atomic mass is 10.3. The van der Waals surface area contributed by atoms with Gasteiger partial charge in [0.25, 0.3) is 5.56 Å². The van der Waals surface area contributed by atoms with E-state index in [0.29, 0.717) is 30.2 Å². The second-order valence-electron chi connectivity index (χ2n) is 4.98. The van der Waals surface area contributed by atoms with Crippen molar-refractivity contribution in [3.63, 3.8) is 0 Å². The number of aromatic nitrogens is 4. The van der Waals surface area contributed by atoms with Gasteiger partial charge in [0.15, 0.2) is 11.2 Å². The average molecular weight is 289 g/mol. The Morgan fingerprint density at radius 3 is 2.62 bits per heavy atom. The fourth-order valence-electron chi connectivity index (χ4n) is 2.62. The van der Waals surface area contributed by atoms with Gasteiger partial charge in [-0.3, -0.25) is 23.6 Å². The molecule has 0 aliphatic carbocycles. The molecule has 0 spiro atoms. The molecule has 0 saturated carbocycles. The van der Waals surface area contributed by atoms with E-state index in [9.17, 15) is 14.4 Å². The highest BCUT2D eigenvalue weighted by molar-refractivity contribution is 5.95. The minimum absolute atomic E-state index is 0.0699. The van der Waals surface area contributed by atoms with Crippen LogP contribution in [0.1, 0.15) is 6.42 Å². The van der Waals surface area contributed by atoms with E-state index in [2.05, 4.69) is 11.6 Å². The predicted octanol–water partition coefficient (Wildman–Crippen LogP) is -0.644. The van der Waals surface area contributed by atoms with Crippen LogP contribution in [-0.4, -0.2) is 31.1 Å². The Kier molecular flexibility index (Phi) is 2.82. The van der Waals surface area contributed by atoms with Gasteiger partial charge in [0.1, 0.15) is 0 Å². The van der Waals surface area contributed by atoms with Crippen molar-refractivity contribution in [1.29, 1.82) is 0 Å². The third-order valence-corrected chi connectivity index (χ3v) is 3.73. The third-order valence-electron chi connectivity index (χ3n) is 3.73. The summed E-state index contributed by atoms with van der Waals surface area (Å²) in [5.74, 6) is 0.319. The molecule has 2 aromatic heterocycles. The van der Waals surface area contributed by atoms with Crippen molar-refractivity contribution in [2.24, 2.45) is 14.1 Å². The van der Waals surface area contributed by atoms with E-state index in [1.165, 1.54) is 16.5 Å². The maximum Gasteiger partial charge on any atom is 0.332 e. The van der Waals surface area contributed by atoms with Gasteiger partial charge in [0.2, 0.25) is 11.9 Å². The summed E-state index contributed by atoms with van der Waals surface area (Å²) in [5.41, 5.74) is -0.206. The first kappa shape index (κ1) is 13.3. The fraction of sp³-hybridized carbons (Fsp3) is 0.385. The van der Waals surface area contributed by atoms with Crippen LogP contribution in [0.3, 0.4) is 0 Å². The number of nitrogens with zero attached hydrogens (tertiary/aromatic N) is 5. The number of carbonyl (C=O) groups is 1. The molecule has 3 heterocycles. The number of hydrogen-bond acceptors (Lipinski definition) is 4. The summed E-state index contributed by atoms with van der Waals surface area (Å²) in [5, 5.41) is 0. The molecule has 8 heteroatoms. The molecule has 0 fully saturated rings. The molecule has 0 unspecified atom stereocenters. The van der Waals surface area contributed by atoms with Crippen LogP contribution in [0.2, 0.25) is 0 Å². The lowest BCUT2D eigenvalue weighted by Gasteiger charge is -2.25. The normalized spacial score (nSPS) is 14.6. The zero-order chi connectivity index (χ0) is 15.3. The van der Waals surface area contributed by atoms with Crippen LogP contribution in [0.25, 0.3) is 11.2 Å². The van der Waals surface area contributed by atoms with Gasteiger partial charge in [0.05, 0.1) is 0 Å². The summed E-state index contributed by atoms with van der Waals surface area (Å²) >= 11 is 0. The van der Waals surface area contributed by atoms with Gasteiger partial charge in [-0.2, -0.15) is 4.98 Å². The van der Waals surface area contributed by atoms with Crippen LogP contribution in [0.5, 0.6) is 0 Å². The van der Waals surface area contributed by atoms with E-state index in [4.69, 9.17) is 0 Å². The van der Waals surface area contributed by atoms with E-state index in [1.54, 1.807) is 17.7 Å². The second kappa shape index (κ2) is 4.44. The van der Waals surface area contributed by atoms with Crippen LogP contribution >= 0.6 is 0 Å². The highest BCUT2D eigenvalue weighted by atomic mass is 16.2. The minimum atomic E-state index is -0.440.